The first-order valence-corrected chi connectivity index (χ1v) is 29.6. The van der Waals surface area contributed by atoms with Gasteiger partial charge < -0.3 is 20.3 Å². The molecule has 0 aliphatic heterocycles. The van der Waals surface area contributed by atoms with Gasteiger partial charge in [0.25, 0.3) is 0 Å². The maximum absolute atomic E-state index is 12.5. The van der Waals surface area contributed by atoms with Crippen molar-refractivity contribution in [3.05, 3.63) is 24.3 Å². The van der Waals surface area contributed by atoms with Gasteiger partial charge in [0, 0.05) is 12.8 Å². The summed E-state index contributed by atoms with van der Waals surface area (Å²) in [5.74, 6) is -0.0633. The first-order valence-electron chi connectivity index (χ1n) is 29.6. The monoisotopic (exact) mass is 930 g/mol. The molecule has 0 aromatic heterocycles. The van der Waals surface area contributed by atoms with Crippen molar-refractivity contribution in [1.82, 2.24) is 5.32 Å². The van der Waals surface area contributed by atoms with Crippen molar-refractivity contribution in [2.45, 2.75) is 334 Å². The van der Waals surface area contributed by atoms with Crippen LogP contribution in [0.3, 0.4) is 0 Å². The molecule has 390 valence electrons. The first-order chi connectivity index (χ1) is 32.5. The van der Waals surface area contributed by atoms with Crippen LogP contribution in [0.1, 0.15) is 322 Å². The number of hydrogen-bond donors (Lipinski definition) is 3. The van der Waals surface area contributed by atoms with Crippen LogP contribution in [0.15, 0.2) is 24.3 Å². The summed E-state index contributed by atoms with van der Waals surface area (Å²) in [5, 5.41) is 23.1. The molecule has 0 aliphatic carbocycles. The number of ether oxygens (including phenoxy) is 1. The van der Waals surface area contributed by atoms with Crippen molar-refractivity contribution >= 4 is 11.9 Å². The lowest BCUT2D eigenvalue weighted by molar-refractivity contribution is -0.143. The molecule has 0 heterocycles. The Bertz CT molecular complexity index is 1030. The number of carbonyl (C=O) groups excluding carboxylic acids is 2. The third kappa shape index (κ3) is 51.7. The topological polar surface area (TPSA) is 95.9 Å². The van der Waals surface area contributed by atoms with Gasteiger partial charge in [-0.1, -0.05) is 282 Å². The second-order valence-corrected chi connectivity index (χ2v) is 20.3. The van der Waals surface area contributed by atoms with Gasteiger partial charge in [0.1, 0.15) is 0 Å². The van der Waals surface area contributed by atoms with E-state index in [-0.39, 0.29) is 18.5 Å². The minimum absolute atomic E-state index is 0.00282. The average Bonchev–Trinajstić information content (AvgIpc) is 3.32. The van der Waals surface area contributed by atoms with Crippen molar-refractivity contribution in [2.24, 2.45) is 0 Å². The fourth-order valence-electron chi connectivity index (χ4n) is 9.15. The molecular weight excluding hydrogens is 815 g/mol. The number of esters is 1. The first kappa shape index (κ1) is 64.3. The number of aliphatic hydroxyl groups excluding tert-OH is 2. The molecule has 2 atom stereocenters. The number of unbranched alkanes of at least 4 members (excludes halogenated alkanes) is 42. The second kappa shape index (κ2) is 55.9. The summed E-state index contributed by atoms with van der Waals surface area (Å²) < 4.78 is 5.46. The Labute approximate surface area is 411 Å². The molecule has 6 heteroatoms. The summed E-state index contributed by atoms with van der Waals surface area (Å²) in [7, 11) is 0. The maximum Gasteiger partial charge on any atom is 0.305 e. The van der Waals surface area contributed by atoms with Crippen LogP contribution in [0.25, 0.3) is 0 Å². The van der Waals surface area contributed by atoms with Gasteiger partial charge in [-0.2, -0.15) is 0 Å². The number of aliphatic hydroxyl groups is 2. The standard InChI is InChI=1S/C60H115NO5/c1-3-5-7-9-11-13-15-16-26-29-33-36-40-44-48-52-58(63)57(56-62)61-59(64)53-49-45-41-37-34-30-27-24-22-20-18-17-19-21-23-25-28-31-35-39-43-47-51-55-66-60(65)54-50-46-42-38-32-14-12-10-8-6-4-2/h10,12,48,52,57-58,62-63H,3-9,11,13-47,49-51,53-56H2,1-2H3,(H,61,64)/b12-10-,52-48+. The number of rotatable bonds is 55. The van der Waals surface area contributed by atoms with E-state index in [1.165, 1.54) is 250 Å². The zero-order valence-corrected chi connectivity index (χ0v) is 44.4. The van der Waals surface area contributed by atoms with Crippen LogP contribution in [-0.4, -0.2) is 47.4 Å². The largest absolute Gasteiger partial charge is 0.466 e. The van der Waals surface area contributed by atoms with Crippen LogP contribution in [0.5, 0.6) is 0 Å². The summed E-state index contributed by atoms with van der Waals surface area (Å²) in [6, 6.07) is -0.627. The molecule has 0 radical (unpaired) electrons. The SMILES string of the molecule is CCCC/C=C\CCCCCCCC(=O)OCCCCCCCCCCCCCCCCCCCCCCCCCC(=O)NC(CO)C(O)/C=C/CCCCCCCCCCCCCCC. The summed E-state index contributed by atoms with van der Waals surface area (Å²) in [5.41, 5.74) is 0. The highest BCUT2D eigenvalue weighted by molar-refractivity contribution is 5.76. The molecule has 0 bridgehead atoms. The van der Waals surface area contributed by atoms with Gasteiger partial charge in [-0.25, -0.2) is 0 Å². The highest BCUT2D eigenvalue weighted by Gasteiger charge is 2.18. The Morgan fingerprint density at radius 1 is 0.409 bits per heavy atom. The summed E-state index contributed by atoms with van der Waals surface area (Å²) >= 11 is 0. The number of allylic oxidation sites excluding steroid dienone is 3. The molecule has 0 aromatic carbocycles. The summed E-state index contributed by atoms with van der Waals surface area (Å²) in [4.78, 5) is 24.4. The zero-order chi connectivity index (χ0) is 47.9. The Balaban J connectivity index is 3.40. The van der Waals surface area contributed by atoms with Crippen LogP contribution in [0.4, 0.5) is 0 Å². The summed E-state index contributed by atoms with van der Waals surface area (Å²) in [6.07, 6.45) is 67.8. The molecule has 0 spiro atoms. The Kier molecular flexibility index (Phi) is 54.5. The van der Waals surface area contributed by atoms with E-state index in [1.807, 2.05) is 6.08 Å². The lowest BCUT2D eigenvalue weighted by atomic mass is 10.0. The Morgan fingerprint density at radius 3 is 1.12 bits per heavy atom. The fraction of sp³-hybridized carbons (Fsp3) is 0.900. The lowest BCUT2D eigenvalue weighted by Gasteiger charge is -2.20. The molecule has 1 amide bonds. The van der Waals surface area contributed by atoms with Gasteiger partial charge in [0.05, 0.1) is 25.4 Å². The molecule has 0 saturated carbocycles. The van der Waals surface area contributed by atoms with Gasteiger partial charge >= 0.3 is 5.97 Å². The quantitative estimate of drug-likeness (QED) is 0.0321. The van der Waals surface area contributed by atoms with Crippen molar-refractivity contribution < 1.29 is 24.5 Å². The number of hydrogen-bond acceptors (Lipinski definition) is 5. The van der Waals surface area contributed by atoms with Crippen LogP contribution in [0.2, 0.25) is 0 Å². The predicted molar refractivity (Wildman–Crippen MR) is 287 cm³/mol. The number of carbonyl (C=O) groups is 2. The molecule has 6 nitrogen and oxygen atoms in total. The molecule has 2 unspecified atom stereocenters. The molecule has 0 rings (SSSR count). The summed E-state index contributed by atoms with van der Waals surface area (Å²) in [6.45, 7) is 4.88. The molecule has 3 N–H and O–H groups in total. The molecule has 0 aliphatic rings. The highest BCUT2D eigenvalue weighted by Crippen LogP contribution is 2.17. The predicted octanol–water partition coefficient (Wildman–Crippen LogP) is 18.2. The van der Waals surface area contributed by atoms with E-state index in [9.17, 15) is 19.8 Å². The third-order valence-corrected chi connectivity index (χ3v) is 13.7. The number of amides is 1. The van der Waals surface area contributed by atoms with E-state index in [0.717, 1.165) is 44.9 Å². The van der Waals surface area contributed by atoms with Crippen molar-refractivity contribution in [1.29, 1.82) is 0 Å². The van der Waals surface area contributed by atoms with Crippen LogP contribution in [0, 0.1) is 0 Å². The third-order valence-electron chi connectivity index (χ3n) is 13.7. The number of nitrogens with one attached hydrogen (secondary N) is 1. The van der Waals surface area contributed by atoms with Crippen LogP contribution in [-0.2, 0) is 14.3 Å². The Morgan fingerprint density at radius 2 is 0.727 bits per heavy atom. The molecule has 0 aromatic rings. The Hall–Kier alpha value is -1.66. The average molecular weight is 931 g/mol. The fourth-order valence-corrected chi connectivity index (χ4v) is 9.15. The highest BCUT2D eigenvalue weighted by atomic mass is 16.5. The minimum atomic E-state index is -0.843. The zero-order valence-electron chi connectivity index (χ0n) is 44.4. The minimum Gasteiger partial charge on any atom is -0.466 e. The van der Waals surface area contributed by atoms with Gasteiger partial charge in [0.2, 0.25) is 5.91 Å². The van der Waals surface area contributed by atoms with Gasteiger partial charge in [-0.05, 0) is 51.4 Å². The second-order valence-electron chi connectivity index (χ2n) is 20.3. The molecule has 66 heavy (non-hydrogen) atoms. The molecule has 0 saturated heterocycles. The van der Waals surface area contributed by atoms with E-state index < -0.39 is 12.1 Å². The van der Waals surface area contributed by atoms with E-state index in [4.69, 9.17) is 4.74 Å². The van der Waals surface area contributed by atoms with Gasteiger partial charge in [-0.3, -0.25) is 9.59 Å². The van der Waals surface area contributed by atoms with Gasteiger partial charge in [-0.15, -0.1) is 0 Å². The molecule has 0 fully saturated rings. The van der Waals surface area contributed by atoms with Crippen LogP contribution < -0.4 is 5.32 Å². The normalized spacial score (nSPS) is 12.7. The van der Waals surface area contributed by atoms with E-state index in [0.29, 0.717) is 19.4 Å². The smallest absolute Gasteiger partial charge is 0.305 e. The van der Waals surface area contributed by atoms with Crippen LogP contribution >= 0.6 is 0 Å². The van der Waals surface area contributed by atoms with Gasteiger partial charge in [0.15, 0.2) is 0 Å². The lowest BCUT2D eigenvalue weighted by Crippen LogP contribution is -2.45. The van der Waals surface area contributed by atoms with Crippen molar-refractivity contribution in [3.63, 3.8) is 0 Å². The van der Waals surface area contributed by atoms with E-state index >= 15 is 0 Å². The maximum atomic E-state index is 12.5. The van der Waals surface area contributed by atoms with E-state index in [1.54, 1.807) is 6.08 Å². The van der Waals surface area contributed by atoms with E-state index in [2.05, 4.69) is 31.3 Å². The van der Waals surface area contributed by atoms with Crippen molar-refractivity contribution in [3.8, 4) is 0 Å². The molecular formula is C60H115NO5. The van der Waals surface area contributed by atoms with Crippen molar-refractivity contribution in [2.75, 3.05) is 13.2 Å².